The van der Waals surface area contributed by atoms with Crippen LogP contribution in [0.3, 0.4) is 0 Å². The highest BCUT2D eigenvalue weighted by Crippen LogP contribution is 2.23. The van der Waals surface area contributed by atoms with Crippen LogP contribution in [-0.2, 0) is 12.8 Å². The van der Waals surface area contributed by atoms with Gasteiger partial charge in [0.1, 0.15) is 11.6 Å². The van der Waals surface area contributed by atoms with Crippen molar-refractivity contribution in [3.8, 4) is 0 Å². The molecule has 0 bridgehead atoms. The third-order valence-electron chi connectivity index (χ3n) is 3.42. The maximum Gasteiger partial charge on any atom is 0.123 e. The van der Waals surface area contributed by atoms with Crippen LogP contribution in [0.25, 0.3) is 0 Å². The van der Waals surface area contributed by atoms with Crippen molar-refractivity contribution in [3.63, 3.8) is 0 Å². The highest BCUT2D eigenvalue weighted by atomic mass is 79.9. The molecule has 4 heteroatoms. The Bertz CT molecular complexity index is 601. The molecule has 0 aliphatic heterocycles. The van der Waals surface area contributed by atoms with Gasteiger partial charge in [-0.3, -0.25) is 0 Å². The average Bonchev–Trinajstić information content (AvgIpc) is 2.43. The quantitative estimate of drug-likeness (QED) is 0.813. The minimum atomic E-state index is -0.234. The highest BCUT2D eigenvalue weighted by Gasteiger charge is 2.13. The lowest BCUT2D eigenvalue weighted by Crippen LogP contribution is -2.23. The standard InChI is InChI=1S/C17H18BrF2N/c1-21-11-13(7-12-3-2-4-15(19)9-12)8-14-10-16(20)5-6-17(14)18/h2-6,9-10,13,21H,7-8,11H2,1H3. The summed E-state index contributed by atoms with van der Waals surface area (Å²) < 4.78 is 27.6. The Balaban J connectivity index is 2.13. The van der Waals surface area contributed by atoms with Crippen LogP contribution in [0.4, 0.5) is 8.78 Å². The monoisotopic (exact) mass is 353 g/mol. The first-order chi connectivity index (χ1) is 10.1. The van der Waals surface area contributed by atoms with Crippen LogP contribution >= 0.6 is 15.9 Å². The van der Waals surface area contributed by atoms with Gasteiger partial charge >= 0.3 is 0 Å². The van der Waals surface area contributed by atoms with Crippen molar-refractivity contribution in [2.24, 2.45) is 5.92 Å². The fourth-order valence-electron chi connectivity index (χ4n) is 2.51. The third-order valence-corrected chi connectivity index (χ3v) is 4.20. The molecule has 2 rings (SSSR count). The van der Waals surface area contributed by atoms with E-state index in [1.807, 2.05) is 13.1 Å². The first kappa shape index (κ1) is 16.1. The molecule has 0 radical (unpaired) electrons. The second kappa shape index (κ2) is 7.66. The molecule has 0 aliphatic carbocycles. The molecule has 21 heavy (non-hydrogen) atoms. The van der Waals surface area contributed by atoms with E-state index >= 15 is 0 Å². The number of hydrogen-bond donors (Lipinski definition) is 1. The number of rotatable bonds is 6. The zero-order chi connectivity index (χ0) is 15.2. The summed E-state index contributed by atoms with van der Waals surface area (Å²) in [7, 11) is 1.89. The van der Waals surface area contributed by atoms with Crippen molar-refractivity contribution in [2.45, 2.75) is 12.8 Å². The van der Waals surface area contributed by atoms with Crippen molar-refractivity contribution in [2.75, 3.05) is 13.6 Å². The molecule has 2 aromatic carbocycles. The summed E-state index contributed by atoms with van der Waals surface area (Å²) in [5.41, 5.74) is 1.90. The summed E-state index contributed by atoms with van der Waals surface area (Å²) in [4.78, 5) is 0. The van der Waals surface area contributed by atoms with Crippen LogP contribution < -0.4 is 5.32 Å². The van der Waals surface area contributed by atoms with E-state index in [1.165, 1.54) is 12.1 Å². The van der Waals surface area contributed by atoms with E-state index in [0.29, 0.717) is 0 Å². The maximum atomic E-state index is 13.4. The van der Waals surface area contributed by atoms with Gasteiger partial charge in [-0.15, -0.1) is 0 Å². The predicted octanol–water partition coefficient (Wildman–Crippen LogP) is 4.35. The SMILES string of the molecule is CNCC(Cc1cccc(F)c1)Cc1cc(F)ccc1Br. The molecule has 0 saturated carbocycles. The normalized spacial score (nSPS) is 12.4. The lowest BCUT2D eigenvalue weighted by molar-refractivity contribution is 0.489. The fraction of sp³-hybridized carbons (Fsp3) is 0.294. The van der Waals surface area contributed by atoms with E-state index in [-0.39, 0.29) is 17.6 Å². The molecule has 1 unspecified atom stereocenters. The summed E-state index contributed by atoms with van der Waals surface area (Å²) >= 11 is 3.46. The predicted molar refractivity (Wildman–Crippen MR) is 85.3 cm³/mol. The Labute approximate surface area is 132 Å². The van der Waals surface area contributed by atoms with Gasteiger partial charge in [0.2, 0.25) is 0 Å². The van der Waals surface area contributed by atoms with E-state index in [2.05, 4.69) is 21.2 Å². The second-order valence-electron chi connectivity index (χ2n) is 5.20. The smallest absolute Gasteiger partial charge is 0.123 e. The summed E-state index contributed by atoms with van der Waals surface area (Å²) in [5.74, 6) is -0.181. The zero-order valence-electron chi connectivity index (χ0n) is 11.9. The van der Waals surface area contributed by atoms with Crippen LogP contribution in [0.15, 0.2) is 46.9 Å². The van der Waals surface area contributed by atoms with Gasteiger partial charge in [-0.25, -0.2) is 8.78 Å². The Morgan fingerprint density at radius 3 is 2.52 bits per heavy atom. The summed E-state index contributed by atoms with van der Waals surface area (Å²) in [6.07, 6.45) is 1.48. The van der Waals surface area contributed by atoms with Gasteiger partial charge in [-0.2, -0.15) is 0 Å². The Hall–Kier alpha value is -1.26. The molecule has 112 valence electrons. The van der Waals surface area contributed by atoms with Crippen LogP contribution in [-0.4, -0.2) is 13.6 Å². The number of nitrogens with one attached hydrogen (secondary N) is 1. The molecule has 0 spiro atoms. The van der Waals surface area contributed by atoms with Crippen molar-refractivity contribution in [1.82, 2.24) is 5.32 Å². The van der Waals surface area contributed by atoms with Gasteiger partial charge in [0.05, 0.1) is 0 Å². The van der Waals surface area contributed by atoms with Crippen LogP contribution in [0.2, 0.25) is 0 Å². The highest BCUT2D eigenvalue weighted by molar-refractivity contribution is 9.10. The molecule has 0 aromatic heterocycles. The van der Waals surface area contributed by atoms with Crippen molar-refractivity contribution in [3.05, 3.63) is 69.7 Å². The van der Waals surface area contributed by atoms with E-state index in [4.69, 9.17) is 0 Å². The van der Waals surface area contributed by atoms with Crippen molar-refractivity contribution < 1.29 is 8.78 Å². The van der Waals surface area contributed by atoms with E-state index in [9.17, 15) is 8.78 Å². The Kier molecular flexibility index (Phi) is 5.88. The van der Waals surface area contributed by atoms with Gasteiger partial charge < -0.3 is 5.32 Å². The summed E-state index contributed by atoms with van der Waals surface area (Å²) in [6, 6.07) is 11.4. The fourth-order valence-corrected chi connectivity index (χ4v) is 2.92. The lowest BCUT2D eigenvalue weighted by atomic mass is 9.92. The van der Waals surface area contributed by atoms with E-state index in [0.717, 1.165) is 35.0 Å². The number of halogens is 3. The van der Waals surface area contributed by atoms with Crippen molar-refractivity contribution >= 4 is 15.9 Å². The Morgan fingerprint density at radius 1 is 1.05 bits per heavy atom. The molecule has 2 aromatic rings. The lowest BCUT2D eigenvalue weighted by Gasteiger charge is -2.18. The molecule has 0 saturated heterocycles. The maximum absolute atomic E-state index is 13.4. The van der Waals surface area contributed by atoms with E-state index < -0.39 is 0 Å². The topological polar surface area (TPSA) is 12.0 Å². The first-order valence-electron chi connectivity index (χ1n) is 6.91. The van der Waals surface area contributed by atoms with Crippen LogP contribution in [0, 0.1) is 17.6 Å². The Morgan fingerprint density at radius 2 is 1.81 bits per heavy atom. The van der Waals surface area contributed by atoms with Gasteiger partial charge in [0.15, 0.2) is 0 Å². The number of benzene rings is 2. The van der Waals surface area contributed by atoms with Gasteiger partial charge in [0, 0.05) is 4.47 Å². The molecule has 0 fully saturated rings. The molecular weight excluding hydrogens is 336 g/mol. The van der Waals surface area contributed by atoms with Crippen LogP contribution in [0.1, 0.15) is 11.1 Å². The number of hydrogen-bond acceptors (Lipinski definition) is 1. The summed E-state index contributed by atoms with van der Waals surface area (Å²) in [5, 5.41) is 3.15. The second-order valence-corrected chi connectivity index (χ2v) is 6.05. The zero-order valence-corrected chi connectivity index (χ0v) is 13.5. The average molecular weight is 354 g/mol. The summed E-state index contributed by atoms with van der Waals surface area (Å²) in [6.45, 7) is 0.791. The molecular formula is C17H18BrF2N. The first-order valence-corrected chi connectivity index (χ1v) is 7.70. The van der Waals surface area contributed by atoms with Gasteiger partial charge in [-0.05, 0) is 73.8 Å². The minimum absolute atomic E-state index is 0.220. The van der Waals surface area contributed by atoms with Gasteiger partial charge in [0.25, 0.3) is 0 Å². The minimum Gasteiger partial charge on any atom is -0.319 e. The molecule has 0 aliphatic rings. The molecule has 0 heterocycles. The largest absolute Gasteiger partial charge is 0.319 e. The van der Waals surface area contributed by atoms with Crippen molar-refractivity contribution in [1.29, 1.82) is 0 Å². The molecule has 0 amide bonds. The van der Waals surface area contributed by atoms with Gasteiger partial charge in [-0.1, -0.05) is 28.1 Å². The molecule has 1 N–H and O–H groups in total. The third kappa shape index (κ3) is 4.90. The molecule has 1 atom stereocenters. The van der Waals surface area contributed by atoms with Crippen LogP contribution in [0.5, 0.6) is 0 Å². The van der Waals surface area contributed by atoms with E-state index in [1.54, 1.807) is 24.3 Å². The molecule has 1 nitrogen and oxygen atoms in total.